The largest absolute Gasteiger partial charge is 0.494 e. The Morgan fingerprint density at radius 3 is 1.36 bits per heavy atom. The van der Waals surface area contributed by atoms with Gasteiger partial charge in [-0.05, 0) is 80.2 Å². The van der Waals surface area contributed by atoms with Gasteiger partial charge in [-0.15, -0.1) is 0 Å². The van der Waals surface area contributed by atoms with Gasteiger partial charge in [-0.2, -0.15) is 0 Å². The molecule has 0 amide bonds. The van der Waals surface area contributed by atoms with Gasteiger partial charge >= 0.3 is 0 Å². The van der Waals surface area contributed by atoms with Crippen LogP contribution in [0.1, 0.15) is 64.7 Å². The minimum absolute atomic E-state index is 0.307. The Kier molecular flexibility index (Phi) is 12.3. The van der Waals surface area contributed by atoms with Gasteiger partial charge in [0.1, 0.15) is 35.4 Å². The van der Waals surface area contributed by atoms with Crippen LogP contribution in [0.5, 0.6) is 0 Å². The number of ether oxygens (including phenoxy) is 2. The quantitative estimate of drug-likeness (QED) is 0.107. The van der Waals surface area contributed by atoms with Gasteiger partial charge in [0, 0.05) is 0 Å². The van der Waals surface area contributed by atoms with Crippen LogP contribution in [-0.4, -0.2) is 42.8 Å². The van der Waals surface area contributed by atoms with Crippen LogP contribution in [0.4, 0.5) is 0 Å². The molecule has 0 aromatic heterocycles. The number of methoxy groups -OCH3 is 2. The fraction of sp³-hybridized carbons (Fsp3) is 0.405. The second-order valence-electron chi connectivity index (χ2n) is 11.3. The number of benzene rings is 3. The van der Waals surface area contributed by atoms with Crippen LogP contribution in [0.2, 0.25) is 0 Å². The molecule has 0 fully saturated rings. The summed E-state index contributed by atoms with van der Waals surface area (Å²) in [6, 6.07) is 33.5. The minimum Gasteiger partial charge on any atom is -0.494 e. The van der Waals surface area contributed by atoms with Crippen molar-refractivity contribution < 1.29 is 19.7 Å². The van der Waals surface area contributed by atoms with Gasteiger partial charge in [0.05, 0.1) is 20.4 Å². The van der Waals surface area contributed by atoms with Crippen molar-refractivity contribution in [2.75, 3.05) is 20.4 Å². The minimum atomic E-state index is -1.73. The van der Waals surface area contributed by atoms with Crippen LogP contribution in [-0.2, 0) is 9.47 Å². The van der Waals surface area contributed by atoms with Gasteiger partial charge in [-0.25, -0.2) is 0 Å². The first-order valence-corrected chi connectivity index (χ1v) is 17.4. The Hall–Kier alpha value is -2.91. The van der Waals surface area contributed by atoms with Crippen LogP contribution >= 0.6 is 7.26 Å². The Labute approximate surface area is 253 Å². The zero-order valence-electron chi connectivity index (χ0n) is 25.5. The van der Waals surface area contributed by atoms with Gasteiger partial charge in [-0.1, -0.05) is 86.7 Å². The number of hydrogen-bond acceptors (Lipinski definition) is 4. The van der Waals surface area contributed by atoms with Crippen LogP contribution in [0, 0.1) is 0 Å². The first kappa shape index (κ1) is 32.0. The Bertz CT molecular complexity index is 1190. The van der Waals surface area contributed by atoms with E-state index in [1.807, 2.05) is 6.92 Å². The molecular formula is C37H48O4P+. The molecule has 0 saturated heterocycles. The van der Waals surface area contributed by atoms with Gasteiger partial charge in [0.2, 0.25) is 0 Å². The van der Waals surface area contributed by atoms with E-state index in [1.54, 1.807) is 0 Å². The predicted octanol–water partition coefficient (Wildman–Crippen LogP) is 7.05. The van der Waals surface area contributed by atoms with Crippen molar-refractivity contribution in [3.8, 4) is 0 Å². The van der Waals surface area contributed by atoms with Crippen molar-refractivity contribution in [1.82, 2.24) is 0 Å². The summed E-state index contributed by atoms with van der Waals surface area (Å²) in [5, 5.41) is 25.8. The lowest BCUT2D eigenvalue weighted by molar-refractivity contribution is 0.0785. The van der Waals surface area contributed by atoms with Crippen molar-refractivity contribution in [1.29, 1.82) is 0 Å². The van der Waals surface area contributed by atoms with Crippen molar-refractivity contribution in [2.45, 2.75) is 76.9 Å². The molecule has 0 bridgehead atoms. The van der Waals surface area contributed by atoms with Gasteiger partial charge < -0.3 is 19.7 Å². The lowest BCUT2D eigenvalue weighted by Crippen LogP contribution is -2.33. The molecule has 224 valence electrons. The summed E-state index contributed by atoms with van der Waals surface area (Å²) in [5.41, 5.74) is 1.64. The summed E-state index contributed by atoms with van der Waals surface area (Å²) >= 11 is 0. The van der Waals surface area contributed by atoms with E-state index in [-0.39, 0.29) is 0 Å². The van der Waals surface area contributed by atoms with Crippen molar-refractivity contribution >= 4 is 23.2 Å². The lowest BCUT2D eigenvalue weighted by Gasteiger charge is -2.30. The van der Waals surface area contributed by atoms with E-state index in [0.29, 0.717) is 11.5 Å². The number of hydrogen-bond donors (Lipinski definition) is 2. The molecule has 0 aliphatic heterocycles. The Morgan fingerprint density at radius 2 is 0.929 bits per heavy atom. The maximum Gasteiger partial charge on any atom is 0.169 e. The molecule has 0 saturated carbocycles. The van der Waals surface area contributed by atoms with Gasteiger partial charge in [0.25, 0.3) is 0 Å². The molecule has 0 radical (unpaired) electrons. The van der Waals surface area contributed by atoms with Crippen molar-refractivity contribution in [3.63, 3.8) is 0 Å². The summed E-state index contributed by atoms with van der Waals surface area (Å²) in [7, 11) is 1.28. The molecule has 2 N–H and O–H groups in total. The molecule has 3 aromatic carbocycles. The molecule has 1 aliphatic carbocycles. The van der Waals surface area contributed by atoms with E-state index >= 15 is 0 Å². The molecule has 4 nitrogen and oxygen atoms in total. The molecule has 1 aliphatic rings. The third kappa shape index (κ3) is 7.35. The van der Waals surface area contributed by atoms with Crippen molar-refractivity contribution in [3.05, 3.63) is 114 Å². The van der Waals surface area contributed by atoms with Crippen LogP contribution in [0.3, 0.4) is 0 Å². The second kappa shape index (κ2) is 16.1. The summed E-state index contributed by atoms with van der Waals surface area (Å²) in [5.74, 6) is 0.630. The Morgan fingerprint density at radius 1 is 0.548 bits per heavy atom. The highest BCUT2D eigenvalue weighted by atomic mass is 31.2. The number of aliphatic hydroxyl groups excluding tert-OH is 2. The molecule has 2 atom stereocenters. The molecule has 5 heteroatoms. The first-order chi connectivity index (χ1) is 20.5. The highest BCUT2D eigenvalue weighted by Gasteiger charge is 2.44. The zero-order valence-corrected chi connectivity index (χ0v) is 26.4. The number of aliphatic hydroxyl groups is 2. The highest BCUT2D eigenvalue weighted by Crippen LogP contribution is 2.56. The van der Waals surface area contributed by atoms with E-state index in [2.05, 4.69) is 91.0 Å². The van der Waals surface area contributed by atoms with Gasteiger partial charge in [-0.3, -0.25) is 0 Å². The molecule has 2 unspecified atom stereocenters. The topological polar surface area (TPSA) is 58.9 Å². The van der Waals surface area contributed by atoms with Gasteiger partial charge in [0.15, 0.2) is 11.5 Å². The average Bonchev–Trinajstić information content (AvgIpc) is 3.04. The number of unbranched alkanes of at least 4 members (excludes halogenated alkanes) is 7. The van der Waals surface area contributed by atoms with E-state index in [4.69, 9.17) is 9.47 Å². The third-order valence-electron chi connectivity index (χ3n) is 8.71. The second-order valence-corrected chi connectivity index (χ2v) is 14.9. The molecule has 0 spiro atoms. The van der Waals surface area contributed by atoms with Crippen molar-refractivity contribution in [2.24, 2.45) is 0 Å². The first-order valence-electron chi connectivity index (χ1n) is 15.5. The van der Waals surface area contributed by atoms with E-state index in [0.717, 1.165) is 30.4 Å². The van der Waals surface area contributed by atoms with E-state index in [9.17, 15) is 10.2 Å². The van der Waals surface area contributed by atoms with Crippen LogP contribution < -0.4 is 15.9 Å². The van der Waals surface area contributed by atoms with Crippen LogP contribution in [0.25, 0.3) is 0 Å². The molecule has 3 aromatic rings. The monoisotopic (exact) mass is 587 g/mol. The number of rotatable bonds is 16. The maximum atomic E-state index is 10.8. The molecular weight excluding hydrogens is 539 g/mol. The van der Waals surface area contributed by atoms with Crippen LogP contribution in [0.15, 0.2) is 114 Å². The summed E-state index contributed by atoms with van der Waals surface area (Å²) < 4.78 is 10.6. The predicted molar refractivity (Wildman–Crippen MR) is 177 cm³/mol. The molecule has 0 heterocycles. The highest BCUT2D eigenvalue weighted by molar-refractivity contribution is 7.95. The zero-order chi connectivity index (χ0) is 29.8. The summed E-state index contributed by atoms with van der Waals surface area (Å²) in [6.07, 6.45) is 9.78. The average molecular weight is 588 g/mol. The summed E-state index contributed by atoms with van der Waals surface area (Å²) in [4.78, 5) is 0. The molecule has 4 rings (SSSR count). The SMILES string of the molecule is COC1=C(OC)C(O)C(CCCCCCCCCC[P+](c2ccccc2)(c2ccccc2)c2ccccc2)=C(C)C1O. The van der Waals surface area contributed by atoms with E-state index in [1.165, 1.54) is 74.8 Å². The Balaban J connectivity index is 1.26. The fourth-order valence-electron chi connectivity index (χ4n) is 6.38. The standard InChI is InChI=1S/C37H48O4P/c1-29-33(35(39)37(41-3)36(40-2)34(29)38)27-19-8-6-4-5-7-9-20-28-42(30-21-13-10-14-22-30,31-23-15-11-16-24-31)32-25-17-12-18-26-32/h10-18,21-26,34-35,38-39H,4-9,19-20,27-28H2,1-3H3/q+1. The maximum absolute atomic E-state index is 10.8. The summed E-state index contributed by atoms with van der Waals surface area (Å²) in [6.45, 7) is 1.87. The third-order valence-corrected chi connectivity index (χ3v) is 13.2. The normalized spacial score (nSPS) is 17.5. The molecule has 42 heavy (non-hydrogen) atoms. The van der Waals surface area contributed by atoms with E-state index < -0.39 is 19.5 Å². The smallest absolute Gasteiger partial charge is 0.169 e. The fourth-order valence-corrected chi connectivity index (χ4v) is 10.8. The lowest BCUT2D eigenvalue weighted by atomic mass is 9.87.